The SMILES string of the molecule is O=Cc1ccnn1-c1cc(F)ccc1F. The molecule has 0 amide bonds. The van der Waals surface area contributed by atoms with Crippen molar-refractivity contribution < 1.29 is 13.6 Å². The van der Waals surface area contributed by atoms with E-state index in [1.54, 1.807) is 0 Å². The highest BCUT2D eigenvalue weighted by molar-refractivity contribution is 5.73. The highest BCUT2D eigenvalue weighted by atomic mass is 19.1. The van der Waals surface area contributed by atoms with Crippen LogP contribution in [0.1, 0.15) is 10.5 Å². The predicted octanol–water partition coefficient (Wildman–Crippen LogP) is 1.96. The molecule has 0 unspecified atom stereocenters. The molecule has 3 nitrogen and oxygen atoms in total. The smallest absolute Gasteiger partial charge is 0.168 e. The number of carbonyl (C=O) groups is 1. The number of aldehydes is 1. The molecule has 1 heterocycles. The van der Waals surface area contributed by atoms with Gasteiger partial charge in [-0.25, -0.2) is 13.5 Å². The van der Waals surface area contributed by atoms with E-state index in [-0.39, 0.29) is 11.4 Å². The largest absolute Gasteiger partial charge is 0.296 e. The maximum absolute atomic E-state index is 13.3. The van der Waals surface area contributed by atoms with Crippen molar-refractivity contribution in [3.63, 3.8) is 0 Å². The second-order valence-electron chi connectivity index (χ2n) is 2.88. The molecule has 2 aromatic rings. The lowest BCUT2D eigenvalue weighted by Gasteiger charge is -2.04. The monoisotopic (exact) mass is 208 g/mol. The van der Waals surface area contributed by atoms with Crippen LogP contribution in [0.5, 0.6) is 0 Å². The van der Waals surface area contributed by atoms with Gasteiger partial charge in [0.15, 0.2) is 6.29 Å². The average molecular weight is 208 g/mol. The van der Waals surface area contributed by atoms with Gasteiger partial charge in [-0.15, -0.1) is 0 Å². The summed E-state index contributed by atoms with van der Waals surface area (Å²) in [6.07, 6.45) is 1.87. The van der Waals surface area contributed by atoms with Crippen LogP contribution in [0.15, 0.2) is 30.5 Å². The molecule has 0 fully saturated rings. The van der Waals surface area contributed by atoms with E-state index >= 15 is 0 Å². The van der Waals surface area contributed by atoms with Crippen LogP contribution in [0.2, 0.25) is 0 Å². The number of halogens is 2. The van der Waals surface area contributed by atoms with E-state index in [9.17, 15) is 13.6 Å². The molecular formula is C10H6F2N2O. The maximum atomic E-state index is 13.3. The van der Waals surface area contributed by atoms with Crippen molar-refractivity contribution in [2.45, 2.75) is 0 Å². The minimum Gasteiger partial charge on any atom is -0.296 e. The van der Waals surface area contributed by atoms with Gasteiger partial charge in [-0.1, -0.05) is 0 Å². The highest BCUT2D eigenvalue weighted by Crippen LogP contribution is 2.15. The summed E-state index contributed by atoms with van der Waals surface area (Å²) in [6, 6.07) is 4.39. The van der Waals surface area contributed by atoms with Crippen molar-refractivity contribution in [1.82, 2.24) is 9.78 Å². The van der Waals surface area contributed by atoms with Crippen molar-refractivity contribution in [1.29, 1.82) is 0 Å². The Morgan fingerprint density at radius 3 is 2.80 bits per heavy atom. The van der Waals surface area contributed by atoms with E-state index in [1.165, 1.54) is 12.3 Å². The molecule has 0 radical (unpaired) electrons. The molecular weight excluding hydrogens is 202 g/mol. The number of hydrogen-bond acceptors (Lipinski definition) is 2. The Bertz CT molecular complexity index is 508. The molecule has 5 heteroatoms. The van der Waals surface area contributed by atoms with Crippen LogP contribution < -0.4 is 0 Å². The van der Waals surface area contributed by atoms with E-state index < -0.39 is 11.6 Å². The first kappa shape index (κ1) is 9.51. The summed E-state index contributed by atoms with van der Waals surface area (Å²) in [6.45, 7) is 0. The molecule has 0 saturated heterocycles. The fourth-order valence-corrected chi connectivity index (χ4v) is 1.25. The Labute approximate surface area is 84.0 Å². The van der Waals surface area contributed by atoms with Gasteiger partial charge >= 0.3 is 0 Å². The van der Waals surface area contributed by atoms with Crippen molar-refractivity contribution in [2.24, 2.45) is 0 Å². The Hall–Kier alpha value is -2.04. The Morgan fingerprint density at radius 2 is 2.07 bits per heavy atom. The van der Waals surface area contributed by atoms with E-state index in [4.69, 9.17) is 0 Å². The Kier molecular flexibility index (Phi) is 2.29. The summed E-state index contributed by atoms with van der Waals surface area (Å²) < 4.78 is 27.2. The first-order valence-electron chi connectivity index (χ1n) is 4.17. The molecule has 76 valence electrons. The molecule has 0 bridgehead atoms. The zero-order chi connectivity index (χ0) is 10.8. The third kappa shape index (κ3) is 1.63. The zero-order valence-electron chi connectivity index (χ0n) is 7.52. The minimum atomic E-state index is -0.636. The van der Waals surface area contributed by atoms with Gasteiger partial charge in [0.25, 0.3) is 0 Å². The summed E-state index contributed by atoms with van der Waals surface area (Å²) in [5, 5.41) is 3.74. The van der Waals surface area contributed by atoms with Crippen LogP contribution >= 0.6 is 0 Å². The lowest BCUT2D eigenvalue weighted by molar-refractivity contribution is 0.111. The van der Waals surface area contributed by atoms with Crippen LogP contribution in [-0.2, 0) is 0 Å². The third-order valence-electron chi connectivity index (χ3n) is 1.93. The van der Waals surface area contributed by atoms with Gasteiger partial charge in [-0.05, 0) is 18.2 Å². The van der Waals surface area contributed by atoms with Gasteiger partial charge in [0.2, 0.25) is 0 Å². The average Bonchev–Trinajstić information content (AvgIpc) is 2.69. The summed E-state index contributed by atoms with van der Waals surface area (Å²) in [7, 11) is 0. The fourth-order valence-electron chi connectivity index (χ4n) is 1.25. The summed E-state index contributed by atoms with van der Waals surface area (Å²) >= 11 is 0. The Morgan fingerprint density at radius 1 is 1.27 bits per heavy atom. The number of hydrogen-bond donors (Lipinski definition) is 0. The van der Waals surface area contributed by atoms with Crippen LogP contribution in [0.25, 0.3) is 5.69 Å². The molecule has 0 aliphatic carbocycles. The third-order valence-corrected chi connectivity index (χ3v) is 1.93. The predicted molar refractivity (Wildman–Crippen MR) is 48.9 cm³/mol. The minimum absolute atomic E-state index is 0.0814. The van der Waals surface area contributed by atoms with E-state index in [1.807, 2.05) is 0 Å². The first-order chi connectivity index (χ1) is 7.22. The Balaban J connectivity index is 2.62. The number of rotatable bonds is 2. The molecule has 0 saturated carbocycles. The van der Waals surface area contributed by atoms with Crippen molar-refractivity contribution in [2.75, 3.05) is 0 Å². The first-order valence-corrected chi connectivity index (χ1v) is 4.17. The topological polar surface area (TPSA) is 34.9 Å². The van der Waals surface area contributed by atoms with Gasteiger partial charge in [-0.2, -0.15) is 5.10 Å². The van der Waals surface area contributed by atoms with Gasteiger partial charge in [0.05, 0.1) is 6.20 Å². The number of carbonyl (C=O) groups excluding carboxylic acids is 1. The van der Waals surface area contributed by atoms with Gasteiger partial charge in [0.1, 0.15) is 23.0 Å². The normalized spacial score (nSPS) is 10.3. The second-order valence-corrected chi connectivity index (χ2v) is 2.88. The molecule has 15 heavy (non-hydrogen) atoms. The molecule has 1 aromatic carbocycles. The van der Waals surface area contributed by atoms with Crippen LogP contribution in [0.3, 0.4) is 0 Å². The highest BCUT2D eigenvalue weighted by Gasteiger charge is 2.09. The number of nitrogens with zero attached hydrogens (tertiary/aromatic N) is 2. The van der Waals surface area contributed by atoms with Crippen molar-refractivity contribution >= 4 is 6.29 Å². The maximum Gasteiger partial charge on any atom is 0.168 e. The fraction of sp³-hybridized carbons (Fsp3) is 0. The summed E-state index contributed by atoms with van der Waals surface area (Å²) in [5.74, 6) is -1.22. The summed E-state index contributed by atoms with van der Waals surface area (Å²) in [4.78, 5) is 10.6. The van der Waals surface area contributed by atoms with Crippen LogP contribution in [0.4, 0.5) is 8.78 Å². The molecule has 1 aromatic heterocycles. The van der Waals surface area contributed by atoms with Crippen molar-refractivity contribution in [3.8, 4) is 5.69 Å². The molecule has 2 rings (SSSR count). The number of aromatic nitrogens is 2. The number of benzene rings is 1. The summed E-state index contributed by atoms with van der Waals surface area (Å²) in [5.41, 5.74) is 0.0848. The van der Waals surface area contributed by atoms with Crippen LogP contribution in [-0.4, -0.2) is 16.1 Å². The van der Waals surface area contributed by atoms with Crippen LogP contribution in [0, 0.1) is 11.6 Å². The second kappa shape index (κ2) is 3.61. The van der Waals surface area contributed by atoms with Gasteiger partial charge < -0.3 is 0 Å². The molecule has 0 spiro atoms. The van der Waals surface area contributed by atoms with E-state index in [2.05, 4.69) is 5.10 Å². The van der Waals surface area contributed by atoms with Gasteiger partial charge in [0, 0.05) is 6.07 Å². The molecule has 0 aliphatic rings. The molecule has 0 atom stereocenters. The molecule has 0 aliphatic heterocycles. The van der Waals surface area contributed by atoms with Gasteiger partial charge in [-0.3, -0.25) is 4.79 Å². The van der Waals surface area contributed by atoms with E-state index in [0.29, 0.717) is 6.29 Å². The van der Waals surface area contributed by atoms with Crippen molar-refractivity contribution in [3.05, 3.63) is 47.8 Å². The zero-order valence-corrected chi connectivity index (χ0v) is 7.52. The quantitative estimate of drug-likeness (QED) is 0.707. The lowest BCUT2D eigenvalue weighted by Crippen LogP contribution is -2.04. The molecule has 0 N–H and O–H groups in total. The van der Waals surface area contributed by atoms with E-state index in [0.717, 1.165) is 22.9 Å². The standard InChI is InChI=1S/C10H6F2N2O/c11-7-1-2-9(12)10(5-7)14-8(6-15)3-4-13-14/h1-6H. The lowest BCUT2D eigenvalue weighted by atomic mass is 10.3.